The molecule has 0 radical (unpaired) electrons. The Morgan fingerprint density at radius 1 is 1.35 bits per heavy atom. The molecule has 108 valence electrons. The van der Waals surface area contributed by atoms with Gasteiger partial charge in [-0.2, -0.15) is 0 Å². The third-order valence-corrected chi connectivity index (χ3v) is 2.90. The molecule has 0 heterocycles. The highest BCUT2D eigenvalue weighted by Crippen LogP contribution is 2.21. The molecule has 1 aromatic rings. The van der Waals surface area contributed by atoms with Crippen LogP contribution in [0, 0.1) is 5.82 Å². The summed E-state index contributed by atoms with van der Waals surface area (Å²) in [7, 11) is 0. The molecule has 0 fully saturated rings. The molecule has 0 saturated heterocycles. The van der Waals surface area contributed by atoms with E-state index in [-0.39, 0.29) is 6.61 Å². The number of carbonyl (C=O) groups excluding carboxylic acids is 3. The van der Waals surface area contributed by atoms with Crippen LogP contribution in [0.3, 0.4) is 0 Å². The lowest BCUT2D eigenvalue weighted by Crippen LogP contribution is -2.44. The van der Waals surface area contributed by atoms with Gasteiger partial charge in [-0.15, -0.1) is 0 Å². The summed E-state index contributed by atoms with van der Waals surface area (Å²) in [5, 5.41) is 0. The van der Waals surface area contributed by atoms with Gasteiger partial charge in [-0.25, -0.2) is 9.18 Å². The predicted octanol–water partition coefficient (Wildman–Crippen LogP) is 1.48. The highest BCUT2D eigenvalue weighted by Gasteiger charge is 2.30. The molecule has 6 heteroatoms. The predicted molar refractivity (Wildman–Crippen MR) is 69.2 cm³/mol. The average Bonchev–Trinajstić information content (AvgIpc) is 2.44. The second-order valence-electron chi connectivity index (χ2n) is 4.11. The molecule has 1 aromatic carbocycles. The first-order valence-corrected chi connectivity index (χ1v) is 6.15. The minimum Gasteiger partial charge on any atom is -0.464 e. The van der Waals surface area contributed by atoms with Crippen LogP contribution < -0.4 is 0 Å². The highest BCUT2D eigenvalue weighted by atomic mass is 19.1. The van der Waals surface area contributed by atoms with E-state index in [4.69, 9.17) is 4.74 Å². The van der Waals surface area contributed by atoms with Gasteiger partial charge in [-0.1, -0.05) is 12.1 Å². The summed E-state index contributed by atoms with van der Waals surface area (Å²) in [6.07, 6.45) is 0.760. The Hall–Kier alpha value is -2.24. The number of hydrogen-bond acceptors (Lipinski definition) is 4. The van der Waals surface area contributed by atoms with Crippen molar-refractivity contribution in [3.8, 4) is 0 Å². The van der Waals surface area contributed by atoms with Gasteiger partial charge in [0.25, 0.3) is 0 Å². The molecule has 2 unspecified atom stereocenters. The van der Waals surface area contributed by atoms with Gasteiger partial charge >= 0.3 is 5.97 Å². The van der Waals surface area contributed by atoms with Crippen molar-refractivity contribution in [2.75, 3.05) is 6.61 Å². The summed E-state index contributed by atoms with van der Waals surface area (Å²) in [6.45, 7) is 3.35. The number of ether oxygens (including phenoxy) is 1. The number of aldehydes is 1. The maximum atomic E-state index is 12.9. The summed E-state index contributed by atoms with van der Waals surface area (Å²) in [4.78, 5) is 34.9. The summed E-state index contributed by atoms with van der Waals surface area (Å²) in [6, 6.07) is 3.59. The molecule has 0 aromatic heterocycles. The number of amides is 1. The van der Waals surface area contributed by atoms with Crippen LogP contribution in [0.1, 0.15) is 25.5 Å². The van der Waals surface area contributed by atoms with E-state index in [9.17, 15) is 18.8 Å². The normalized spacial score (nSPS) is 13.2. The Bertz CT molecular complexity index is 475. The second kappa shape index (κ2) is 7.37. The van der Waals surface area contributed by atoms with Crippen LogP contribution in [0.25, 0.3) is 0 Å². The van der Waals surface area contributed by atoms with E-state index in [0.29, 0.717) is 18.3 Å². The maximum Gasteiger partial charge on any atom is 0.336 e. The topological polar surface area (TPSA) is 63.7 Å². The van der Waals surface area contributed by atoms with Crippen LogP contribution in [0.4, 0.5) is 4.39 Å². The lowest BCUT2D eigenvalue weighted by molar-refractivity contribution is -0.154. The molecule has 0 aliphatic rings. The Labute approximate surface area is 116 Å². The largest absolute Gasteiger partial charge is 0.464 e. The lowest BCUT2D eigenvalue weighted by atomic mass is 10.1. The molecule has 0 N–H and O–H groups in total. The summed E-state index contributed by atoms with van der Waals surface area (Å²) < 4.78 is 17.6. The van der Waals surface area contributed by atoms with Gasteiger partial charge in [0.2, 0.25) is 6.41 Å². The number of esters is 1. The minimum absolute atomic E-state index is 0.112. The quantitative estimate of drug-likeness (QED) is 0.431. The van der Waals surface area contributed by atoms with E-state index in [2.05, 4.69) is 0 Å². The summed E-state index contributed by atoms with van der Waals surface area (Å²) in [5.74, 6) is -1.19. The molecular formula is C14H16FNO4. The zero-order chi connectivity index (χ0) is 15.1. The van der Waals surface area contributed by atoms with Crippen molar-refractivity contribution in [2.24, 2.45) is 0 Å². The van der Waals surface area contributed by atoms with Crippen LogP contribution in [-0.4, -0.2) is 36.2 Å². The van der Waals surface area contributed by atoms with Crippen LogP contribution >= 0.6 is 0 Å². The van der Waals surface area contributed by atoms with Crippen molar-refractivity contribution in [3.05, 3.63) is 35.6 Å². The molecule has 20 heavy (non-hydrogen) atoms. The number of halogens is 1. The fourth-order valence-electron chi connectivity index (χ4n) is 1.79. The Kier molecular flexibility index (Phi) is 5.83. The minimum atomic E-state index is -1.31. The van der Waals surface area contributed by atoms with Gasteiger partial charge in [-0.3, -0.25) is 4.79 Å². The molecular weight excluding hydrogens is 265 g/mol. The molecule has 0 saturated carbocycles. The zero-order valence-corrected chi connectivity index (χ0v) is 11.3. The zero-order valence-electron chi connectivity index (χ0n) is 11.3. The van der Waals surface area contributed by atoms with Crippen molar-refractivity contribution in [3.63, 3.8) is 0 Å². The van der Waals surface area contributed by atoms with E-state index in [1.54, 1.807) is 13.8 Å². The molecule has 2 atom stereocenters. The van der Waals surface area contributed by atoms with Gasteiger partial charge in [0, 0.05) is 0 Å². The smallest absolute Gasteiger partial charge is 0.336 e. The first-order valence-electron chi connectivity index (χ1n) is 6.15. The highest BCUT2D eigenvalue weighted by molar-refractivity contribution is 5.94. The lowest BCUT2D eigenvalue weighted by Gasteiger charge is -2.29. The van der Waals surface area contributed by atoms with Gasteiger partial charge in [0.05, 0.1) is 12.6 Å². The monoisotopic (exact) mass is 281 g/mol. The number of hydrogen-bond donors (Lipinski definition) is 0. The first-order chi connectivity index (χ1) is 9.54. The van der Waals surface area contributed by atoms with Crippen molar-refractivity contribution in [2.45, 2.75) is 25.9 Å². The van der Waals surface area contributed by atoms with Crippen LogP contribution in [-0.2, 0) is 19.1 Å². The summed E-state index contributed by atoms with van der Waals surface area (Å²) in [5.41, 5.74) is 0.606. The molecule has 0 aliphatic heterocycles. The molecule has 1 rings (SSSR count). The van der Waals surface area contributed by atoms with Crippen LogP contribution in [0.2, 0.25) is 0 Å². The molecule has 0 bridgehead atoms. The Balaban J connectivity index is 2.98. The SMILES string of the molecule is CCOC(=O)C(C=O)N(C=O)C(C)c1ccc(F)cc1. The van der Waals surface area contributed by atoms with E-state index in [1.807, 2.05) is 0 Å². The third-order valence-electron chi connectivity index (χ3n) is 2.90. The fraction of sp³-hybridized carbons (Fsp3) is 0.357. The number of carbonyl (C=O) groups is 3. The maximum absolute atomic E-state index is 12.9. The van der Waals surface area contributed by atoms with Gasteiger partial charge in [0.15, 0.2) is 12.3 Å². The number of rotatable bonds is 7. The number of nitrogens with zero attached hydrogens (tertiary/aromatic N) is 1. The molecule has 0 spiro atoms. The van der Waals surface area contributed by atoms with E-state index < -0.39 is 23.9 Å². The Morgan fingerprint density at radius 2 is 1.95 bits per heavy atom. The van der Waals surface area contributed by atoms with Gasteiger partial charge in [0.1, 0.15) is 5.82 Å². The van der Waals surface area contributed by atoms with E-state index >= 15 is 0 Å². The van der Waals surface area contributed by atoms with Gasteiger partial charge in [-0.05, 0) is 31.5 Å². The van der Waals surface area contributed by atoms with Crippen molar-refractivity contribution >= 4 is 18.7 Å². The molecule has 0 aliphatic carbocycles. The average molecular weight is 281 g/mol. The van der Waals surface area contributed by atoms with Crippen LogP contribution in [0.15, 0.2) is 24.3 Å². The Morgan fingerprint density at radius 3 is 2.40 bits per heavy atom. The van der Waals surface area contributed by atoms with E-state index in [0.717, 1.165) is 4.90 Å². The fourth-order valence-corrected chi connectivity index (χ4v) is 1.79. The van der Waals surface area contributed by atoms with Crippen molar-refractivity contribution < 1.29 is 23.5 Å². The van der Waals surface area contributed by atoms with Crippen molar-refractivity contribution in [1.82, 2.24) is 4.90 Å². The van der Waals surface area contributed by atoms with E-state index in [1.165, 1.54) is 24.3 Å². The van der Waals surface area contributed by atoms with Crippen molar-refractivity contribution in [1.29, 1.82) is 0 Å². The first kappa shape index (κ1) is 15.8. The second-order valence-corrected chi connectivity index (χ2v) is 4.11. The van der Waals surface area contributed by atoms with Gasteiger partial charge < -0.3 is 14.4 Å². The molecule has 1 amide bonds. The third kappa shape index (κ3) is 3.63. The summed E-state index contributed by atoms with van der Waals surface area (Å²) >= 11 is 0. The van der Waals surface area contributed by atoms with Crippen LogP contribution in [0.5, 0.6) is 0 Å². The number of benzene rings is 1. The standard InChI is InChI=1S/C14H16FNO4/c1-3-20-14(19)13(8-17)16(9-18)10(2)11-4-6-12(15)7-5-11/h4-10,13H,3H2,1-2H3. The molecule has 5 nitrogen and oxygen atoms in total.